The molecule has 0 saturated heterocycles. The largest absolute Gasteiger partial charge is 0.330 e. The summed E-state index contributed by atoms with van der Waals surface area (Å²) in [5, 5.41) is 10.6. The van der Waals surface area contributed by atoms with Crippen LogP contribution in [0.3, 0.4) is 0 Å². The first-order chi connectivity index (χ1) is 8.29. The summed E-state index contributed by atoms with van der Waals surface area (Å²) >= 11 is 0. The number of hydrogen-bond donors (Lipinski definition) is 3. The minimum atomic E-state index is 0.0290. The molecule has 4 N–H and O–H groups in total. The van der Waals surface area contributed by atoms with Crippen LogP contribution in [0.15, 0.2) is 24.4 Å². The van der Waals surface area contributed by atoms with Gasteiger partial charge in [0.15, 0.2) is 0 Å². The number of carbonyl (C=O) groups excluding carboxylic acids is 1. The van der Waals surface area contributed by atoms with Gasteiger partial charge in [0.05, 0.1) is 11.7 Å². The molecule has 0 aliphatic rings. The van der Waals surface area contributed by atoms with E-state index in [2.05, 4.69) is 15.5 Å². The first-order valence-corrected chi connectivity index (χ1v) is 5.72. The molecule has 1 heterocycles. The number of nitrogens with one attached hydrogen (secondary N) is 2. The predicted octanol–water partition coefficient (Wildman–Crippen LogP) is 1.63. The smallest absolute Gasteiger partial charge is 0.224 e. The van der Waals surface area contributed by atoms with Crippen LogP contribution in [0.25, 0.3) is 10.9 Å². The second-order valence-electron chi connectivity index (χ2n) is 3.97. The Labute approximate surface area is 99.4 Å². The lowest BCUT2D eigenvalue weighted by molar-refractivity contribution is -0.116. The van der Waals surface area contributed by atoms with Gasteiger partial charge in [-0.3, -0.25) is 9.89 Å². The van der Waals surface area contributed by atoms with Gasteiger partial charge >= 0.3 is 0 Å². The molecule has 0 unspecified atom stereocenters. The zero-order valence-corrected chi connectivity index (χ0v) is 9.57. The van der Waals surface area contributed by atoms with Crippen LogP contribution in [-0.2, 0) is 4.79 Å². The van der Waals surface area contributed by atoms with Gasteiger partial charge in [0.25, 0.3) is 0 Å². The Morgan fingerprint density at radius 3 is 3.12 bits per heavy atom. The van der Waals surface area contributed by atoms with E-state index >= 15 is 0 Å². The zero-order chi connectivity index (χ0) is 12.1. The number of nitrogens with zero attached hydrogens (tertiary/aromatic N) is 1. The number of carbonyl (C=O) groups is 1. The molecule has 0 spiro atoms. The number of hydrogen-bond acceptors (Lipinski definition) is 3. The summed E-state index contributed by atoms with van der Waals surface area (Å²) in [6.07, 6.45) is 3.96. The molecule has 90 valence electrons. The Kier molecular flexibility index (Phi) is 3.72. The zero-order valence-electron chi connectivity index (χ0n) is 9.57. The van der Waals surface area contributed by atoms with Crippen molar-refractivity contribution in [3.8, 4) is 0 Å². The van der Waals surface area contributed by atoms with Gasteiger partial charge in [-0.1, -0.05) is 0 Å². The summed E-state index contributed by atoms with van der Waals surface area (Å²) in [4.78, 5) is 11.6. The highest BCUT2D eigenvalue weighted by Gasteiger charge is 2.03. The van der Waals surface area contributed by atoms with Crippen LogP contribution in [0.5, 0.6) is 0 Å². The van der Waals surface area contributed by atoms with Crippen molar-refractivity contribution >= 4 is 22.5 Å². The Hall–Kier alpha value is -1.88. The van der Waals surface area contributed by atoms with Gasteiger partial charge in [0, 0.05) is 17.5 Å². The van der Waals surface area contributed by atoms with E-state index < -0.39 is 0 Å². The van der Waals surface area contributed by atoms with Crippen LogP contribution < -0.4 is 11.1 Å². The first-order valence-electron chi connectivity index (χ1n) is 5.72. The van der Waals surface area contributed by atoms with E-state index in [1.54, 1.807) is 6.20 Å². The van der Waals surface area contributed by atoms with E-state index in [0.29, 0.717) is 13.0 Å². The molecule has 0 saturated carbocycles. The Bertz CT molecular complexity index is 506. The molecular weight excluding hydrogens is 216 g/mol. The highest BCUT2D eigenvalue weighted by molar-refractivity contribution is 5.93. The lowest BCUT2D eigenvalue weighted by atomic mass is 10.2. The monoisotopic (exact) mass is 232 g/mol. The number of unbranched alkanes of at least 4 members (excludes halogenated alkanes) is 1. The highest BCUT2D eigenvalue weighted by Crippen LogP contribution is 2.16. The molecule has 0 bridgehead atoms. The molecule has 0 aliphatic carbocycles. The van der Waals surface area contributed by atoms with Gasteiger partial charge in [0.1, 0.15) is 0 Å². The third-order valence-corrected chi connectivity index (χ3v) is 2.58. The quantitative estimate of drug-likeness (QED) is 0.685. The number of benzene rings is 1. The van der Waals surface area contributed by atoms with Crippen LogP contribution in [0.4, 0.5) is 5.69 Å². The van der Waals surface area contributed by atoms with Gasteiger partial charge in [0.2, 0.25) is 5.91 Å². The fourth-order valence-electron chi connectivity index (χ4n) is 1.67. The lowest BCUT2D eigenvalue weighted by Gasteiger charge is -2.04. The summed E-state index contributed by atoms with van der Waals surface area (Å²) in [5.41, 5.74) is 7.14. The van der Waals surface area contributed by atoms with E-state index in [1.165, 1.54) is 0 Å². The Morgan fingerprint density at radius 2 is 2.29 bits per heavy atom. The molecule has 1 aromatic carbocycles. The van der Waals surface area contributed by atoms with E-state index in [4.69, 9.17) is 5.73 Å². The van der Waals surface area contributed by atoms with Crippen LogP contribution >= 0.6 is 0 Å². The predicted molar refractivity (Wildman–Crippen MR) is 67.6 cm³/mol. The fraction of sp³-hybridized carbons (Fsp3) is 0.333. The summed E-state index contributed by atoms with van der Waals surface area (Å²) in [7, 11) is 0. The van der Waals surface area contributed by atoms with Crippen LogP contribution in [0.2, 0.25) is 0 Å². The number of nitrogens with two attached hydrogens (primary N) is 1. The molecular formula is C12H16N4O. The molecule has 5 nitrogen and oxygen atoms in total. The van der Waals surface area contributed by atoms with Crippen LogP contribution in [0, 0.1) is 0 Å². The van der Waals surface area contributed by atoms with Gasteiger partial charge < -0.3 is 11.1 Å². The van der Waals surface area contributed by atoms with Crippen molar-refractivity contribution in [3.63, 3.8) is 0 Å². The SMILES string of the molecule is NCCCCC(=O)Nc1ccc2[nH]ncc2c1. The molecule has 1 amide bonds. The van der Waals surface area contributed by atoms with E-state index in [0.717, 1.165) is 29.4 Å². The summed E-state index contributed by atoms with van der Waals surface area (Å²) in [6, 6.07) is 5.67. The molecule has 17 heavy (non-hydrogen) atoms. The Morgan fingerprint density at radius 1 is 1.41 bits per heavy atom. The van der Waals surface area contributed by atoms with Gasteiger partial charge in [-0.15, -0.1) is 0 Å². The van der Waals surface area contributed by atoms with Crippen LogP contribution in [-0.4, -0.2) is 22.6 Å². The topological polar surface area (TPSA) is 83.8 Å². The van der Waals surface area contributed by atoms with Crippen molar-refractivity contribution in [2.75, 3.05) is 11.9 Å². The standard InChI is InChI=1S/C12H16N4O/c13-6-2-1-3-12(17)15-10-4-5-11-9(7-10)8-14-16-11/h4-5,7-8H,1-3,6,13H2,(H,14,16)(H,15,17). The molecule has 0 radical (unpaired) electrons. The number of aromatic nitrogens is 2. The van der Waals surface area contributed by atoms with Crippen molar-refractivity contribution in [1.82, 2.24) is 10.2 Å². The lowest BCUT2D eigenvalue weighted by Crippen LogP contribution is -2.11. The number of anilines is 1. The van der Waals surface area contributed by atoms with Crippen molar-refractivity contribution < 1.29 is 4.79 Å². The van der Waals surface area contributed by atoms with Gasteiger partial charge in [-0.05, 0) is 37.6 Å². The highest BCUT2D eigenvalue weighted by atomic mass is 16.1. The number of amides is 1. The summed E-state index contributed by atoms with van der Waals surface area (Å²) < 4.78 is 0. The normalized spacial score (nSPS) is 10.6. The maximum atomic E-state index is 11.6. The van der Waals surface area contributed by atoms with E-state index in [-0.39, 0.29) is 5.91 Å². The molecule has 2 rings (SSSR count). The first kappa shape index (κ1) is 11.6. The van der Waals surface area contributed by atoms with E-state index in [1.807, 2.05) is 18.2 Å². The van der Waals surface area contributed by atoms with Crippen LogP contribution in [0.1, 0.15) is 19.3 Å². The maximum Gasteiger partial charge on any atom is 0.224 e. The number of aromatic amines is 1. The number of H-pyrrole nitrogens is 1. The van der Waals surface area contributed by atoms with Gasteiger partial charge in [-0.25, -0.2) is 0 Å². The van der Waals surface area contributed by atoms with Crippen molar-refractivity contribution in [1.29, 1.82) is 0 Å². The summed E-state index contributed by atoms with van der Waals surface area (Å²) in [6.45, 7) is 0.633. The fourth-order valence-corrected chi connectivity index (χ4v) is 1.67. The molecule has 1 aromatic heterocycles. The minimum Gasteiger partial charge on any atom is -0.330 e. The van der Waals surface area contributed by atoms with Crippen molar-refractivity contribution in [2.24, 2.45) is 5.73 Å². The molecule has 0 atom stereocenters. The molecule has 0 fully saturated rings. The number of fused-ring (bicyclic) bond motifs is 1. The minimum absolute atomic E-state index is 0.0290. The second-order valence-corrected chi connectivity index (χ2v) is 3.97. The maximum absolute atomic E-state index is 11.6. The third-order valence-electron chi connectivity index (χ3n) is 2.58. The second kappa shape index (κ2) is 5.45. The van der Waals surface area contributed by atoms with Crippen molar-refractivity contribution in [2.45, 2.75) is 19.3 Å². The average Bonchev–Trinajstić information content (AvgIpc) is 2.76. The van der Waals surface area contributed by atoms with E-state index in [9.17, 15) is 4.79 Å². The van der Waals surface area contributed by atoms with Crippen molar-refractivity contribution in [3.05, 3.63) is 24.4 Å². The average molecular weight is 232 g/mol. The Balaban J connectivity index is 1.95. The van der Waals surface area contributed by atoms with Gasteiger partial charge in [-0.2, -0.15) is 5.10 Å². The molecule has 0 aliphatic heterocycles. The molecule has 5 heteroatoms. The third kappa shape index (κ3) is 3.04. The molecule has 2 aromatic rings. The number of rotatable bonds is 5. The summed E-state index contributed by atoms with van der Waals surface area (Å²) in [5.74, 6) is 0.0290.